The monoisotopic (exact) mass is 225 g/mol. The lowest BCUT2D eigenvalue weighted by molar-refractivity contribution is 0.0492. The van der Waals surface area contributed by atoms with Gasteiger partial charge in [0.15, 0.2) is 0 Å². The number of hydrogen-bond acceptors (Lipinski definition) is 5. The first-order valence-corrected chi connectivity index (χ1v) is 5.20. The summed E-state index contributed by atoms with van der Waals surface area (Å²) in [4.78, 5) is 3.88. The molecular formula is C11H19N3O2. The molecule has 1 atom stereocenters. The molecule has 0 amide bonds. The molecular weight excluding hydrogens is 206 g/mol. The molecule has 0 aromatic heterocycles. The van der Waals surface area contributed by atoms with Gasteiger partial charge in [0.1, 0.15) is 12.9 Å². The molecule has 1 unspecified atom stereocenters. The van der Waals surface area contributed by atoms with Gasteiger partial charge in [0.2, 0.25) is 0 Å². The molecule has 1 heterocycles. The van der Waals surface area contributed by atoms with Crippen molar-refractivity contribution < 1.29 is 9.94 Å². The average Bonchev–Trinajstić information content (AvgIpc) is 2.56. The molecule has 0 spiro atoms. The molecule has 1 rings (SSSR count). The Hall–Kier alpha value is -1.49. The molecule has 0 saturated heterocycles. The van der Waals surface area contributed by atoms with E-state index in [1.54, 1.807) is 0 Å². The molecule has 16 heavy (non-hydrogen) atoms. The lowest BCUT2D eigenvalue weighted by Gasteiger charge is -2.26. The van der Waals surface area contributed by atoms with Gasteiger partial charge in [-0.25, -0.2) is 0 Å². The van der Waals surface area contributed by atoms with Gasteiger partial charge in [0.05, 0.1) is 12.8 Å². The van der Waals surface area contributed by atoms with Crippen LogP contribution in [0, 0.1) is 0 Å². The summed E-state index contributed by atoms with van der Waals surface area (Å²) in [5.74, 6) is 0. The van der Waals surface area contributed by atoms with Gasteiger partial charge >= 0.3 is 0 Å². The van der Waals surface area contributed by atoms with E-state index in [0.717, 1.165) is 0 Å². The van der Waals surface area contributed by atoms with Crippen molar-refractivity contribution in [3.63, 3.8) is 0 Å². The van der Waals surface area contributed by atoms with Crippen LogP contribution in [0.3, 0.4) is 0 Å². The fourth-order valence-electron chi connectivity index (χ4n) is 1.35. The Labute approximate surface area is 96.3 Å². The standard InChI is InChI=1S/C11H19N3O2/c1-10(2)4-7-16-9-14-6-5-13(3)11(14)8-12-15/h4-6,8,11,15H,7,9H2,1-3H3/b12-8-. The molecule has 1 aliphatic heterocycles. The third-order valence-corrected chi connectivity index (χ3v) is 2.30. The molecule has 5 nitrogen and oxygen atoms in total. The molecule has 1 aliphatic rings. The van der Waals surface area contributed by atoms with E-state index in [1.165, 1.54) is 11.8 Å². The van der Waals surface area contributed by atoms with Crippen LogP contribution in [0.15, 0.2) is 29.2 Å². The topological polar surface area (TPSA) is 48.3 Å². The van der Waals surface area contributed by atoms with Crippen LogP contribution >= 0.6 is 0 Å². The Bertz CT molecular complexity index is 296. The third kappa shape index (κ3) is 3.58. The number of rotatable bonds is 5. The number of allylic oxidation sites excluding steroid dienone is 1. The van der Waals surface area contributed by atoms with E-state index in [9.17, 15) is 0 Å². The Kier molecular flexibility index (Phi) is 4.85. The van der Waals surface area contributed by atoms with Crippen LogP contribution in [0.1, 0.15) is 13.8 Å². The summed E-state index contributed by atoms with van der Waals surface area (Å²) in [7, 11) is 1.92. The summed E-state index contributed by atoms with van der Waals surface area (Å²) in [5, 5.41) is 11.6. The van der Waals surface area contributed by atoms with Crippen LogP contribution in [-0.2, 0) is 4.74 Å². The minimum atomic E-state index is -0.0725. The second-order valence-electron chi connectivity index (χ2n) is 3.94. The normalized spacial score (nSPS) is 19.8. The Morgan fingerprint density at radius 1 is 1.50 bits per heavy atom. The highest BCUT2D eigenvalue weighted by Crippen LogP contribution is 2.11. The van der Waals surface area contributed by atoms with Gasteiger partial charge in [0.25, 0.3) is 0 Å². The zero-order chi connectivity index (χ0) is 12.0. The van der Waals surface area contributed by atoms with Crippen LogP contribution in [0.5, 0.6) is 0 Å². The van der Waals surface area contributed by atoms with E-state index >= 15 is 0 Å². The second-order valence-corrected chi connectivity index (χ2v) is 3.94. The smallest absolute Gasteiger partial charge is 0.142 e. The van der Waals surface area contributed by atoms with Crippen molar-refractivity contribution in [2.45, 2.75) is 20.0 Å². The van der Waals surface area contributed by atoms with Gasteiger partial charge in [-0.2, -0.15) is 0 Å². The first-order chi connectivity index (χ1) is 7.65. The van der Waals surface area contributed by atoms with E-state index in [1.807, 2.05) is 49.2 Å². The van der Waals surface area contributed by atoms with Gasteiger partial charge in [-0.05, 0) is 13.8 Å². The minimum absolute atomic E-state index is 0.0725. The highest BCUT2D eigenvalue weighted by atomic mass is 16.5. The fraction of sp³-hybridized carbons (Fsp3) is 0.545. The van der Waals surface area contributed by atoms with E-state index < -0.39 is 0 Å². The van der Waals surface area contributed by atoms with Crippen molar-refractivity contribution in [2.75, 3.05) is 20.4 Å². The van der Waals surface area contributed by atoms with Crippen molar-refractivity contribution in [2.24, 2.45) is 5.16 Å². The molecule has 0 aromatic carbocycles. The molecule has 0 bridgehead atoms. The molecule has 0 saturated carbocycles. The maximum absolute atomic E-state index is 8.54. The Morgan fingerprint density at radius 2 is 2.25 bits per heavy atom. The number of nitrogens with zero attached hydrogens (tertiary/aromatic N) is 3. The zero-order valence-electron chi connectivity index (χ0n) is 10.00. The Balaban J connectivity index is 2.36. The van der Waals surface area contributed by atoms with Crippen LogP contribution in [0.4, 0.5) is 0 Å². The van der Waals surface area contributed by atoms with Crippen molar-refractivity contribution in [1.82, 2.24) is 9.80 Å². The molecule has 90 valence electrons. The molecule has 0 aliphatic carbocycles. The van der Waals surface area contributed by atoms with Crippen LogP contribution < -0.4 is 0 Å². The van der Waals surface area contributed by atoms with Gasteiger partial charge in [-0.3, -0.25) is 0 Å². The second kappa shape index (κ2) is 6.17. The predicted octanol–water partition coefficient (Wildman–Crippen LogP) is 1.43. The fourth-order valence-corrected chi connectivity index (χ4v) is 1.35. The van der Waals surface area contributed by atoms with E-state index in [4.69, 9.17) is 9.94 Å². The number of oxime groups is 1. The van der Waals surface area contributed by atoms with E-state index in [-0.39, 0.29) is 6.17 Å². The SMILES string of the molecule is CC(C)=CCOCN1C=CN(C)C1/C=N\O. The summed E-state index contributed by atoms with van der Waals surface area (Å²) in [5.41, 5.74) is 1.24. The zero-order valence-corrected chi connectivity index (χ0v) is 10.00. The van der Waals surface area contributed by atoms with Crippen molar-refractivity contribution >= 4 is 6.21 Å². The largest absolute Gasteiger partial charge is 0.411 e. The van der Waals surface area contributed by atoms with Crippen LogP contribution in [0.25, 0.3) is 0 Å². The molecule has 5 heteroatoms. The highest BCUT2D eigenvalue weighted by Gasteiger charge is 2.21. The highest BCUT2D eigenvalue weighted by molar-refractivity contribution is 5.64. The molecule has 0 aromatic rings. The summed E-state index contributed by atoms with van der Waals surface area (Å²) >= 11 is 0. The van der Waals surface area contributed by atoms with Gasteiger partial charge in [-0.1, -0.05) is 16.8 Å². The van der Waals surface area contributed by atoms with Gasteiger partial charge < -0.3 is 19.7 Å². The summed E-state index contributed by atoms with van der Waals surface area (Å²) in [6, 6.07) is 0. The third-order valence-electron chi connectivity index (χ3n) is 2.30. The first-order valence-electron chi connectivity index (χ1n) is 5.20. The maximum atomic E-state index is 8.54. The van der Waals surface area contributed by atoms with Gasteiger partial charge in [0, 0.05) is 19.4 Å². The minimum Gasteiger partial charge on any atom is -0.411 e. The average molecular weight is 225 g/mol. The predicted molar refractivity (Wildman–Crippen MR) is 63.1 cm³/mol. The number of hydrogen-bond donors (Lipinski definition) is 1. The lowest BCUT2D eigenvalue weighted by atomic mass is 10.3. The molecule has 0 radical (unpaired) electrons. The molecule has 1 N–H and O–H groups in total. The lowest BCUT2D eigenvalue weighted by Crippen LogP contribution is -2.39. The quantitative estimate of drug-likeness (QED) is 0.253. The number of ether oxygens (including phenoxy) is 1. The summed E-state index contributed by atoms with van der Waals surface area (Å²) < 4.78 is 5.48. The van der Waals surface area contributed by atoms with E-state index in [2.05, 4.69) is 5.16 Å². The van der Waals surface area contributed by atoms with Crippen molar-refractivity contribution in [3.05, 3.63) is 24.0 Å². The van der Waals surface area contributed by atoms with Crippen LogP contribution in [0.2, 0.25) is 0 Å². The van der Waals surface area contributed by atoms with Gasteiger partial charge in [-0.15, -0.1) is 0 Å². The Morgan fingerprint density at radius 3 is 2.88 bits per heavy atom. The van der Waals surface area contributed by atoms with Crippen molar-refractivity contribution in [3.8, 4) is 0 Å². The first kappa shape index (κ1) is 12.6. The van der Waals surface area contributed by atoms with Crippen LogP contribution in [-0.4, -0.2) is 47.8 Å². The maximum Gasteiger partial charge on any atom is 0.142 e. The van der Waals surface area contributed by atoms with E-state index in [0.29, 0.717) is 13.3 Å². The molecule has 0 fully saturated rings. The summed E-state index contributed by atoms with van der Waals surface area (Å²) in [6.45, 7) is 5.14. The summed E-state index contributed by atoms with van der Waals surface area (Å²) in [6.07, 6.45) is 7.24. The van der Waals surface area contributed by atoms with Crippen molar-refractivity contribution in [1.29, 1.82) is 0 Å².